The molecule has 0 aromatic heterocycles. The predicted molar refractivity (Wildman–Crippen MR) is 69.5 cm³/mol. The molecule has 1 aromatic carbocycles. The van der Waals surface area contributed by atoms with Gasteiger partial charge in [-0.15, -0.1) is 0 Å². The number of ketones is 1. The third-order valence-corrected chi connectivity index (χ3v) is 2.51. The lowest BCUT2D eigenvalue weighted by Crippen LogP contribution is -2.42. The Kier molecular flexibility index (Phi) is 5.52. The van der Waals surface area contributed by atoms with Gasteiger partial charge in [-0.1, -0.05) is 44.2 Å². The lowest BCUT2D eigenvalue weighted by Gasteiger charge is -2.19. The van der Waals surface area contributed by atoms with E-state index in [9.17, 15) is 9.59 Å². The fourth-order valence-electron chi connectivity index (χ4n) is 1.68. The fourth-order valence-corrected chi connectivity index (χ4v) is 1.68. The zero-order chi connectivity index (χ0) is 13.5. The number of hydrogen-bond acceptors (Lipinski definition) is 4. The van der Waals surface area contributed by atoms with Gasteiger partial charge in [0.15, 0.2) is 5.78 Å². The smallest absolute Gasteiger partial charge is 0.307 e. The van der Waals surface area contributed by atoms with E-state index in [2.05, 4.69) is 10.1 Å². The molecule has 4 nitrogen and oxygen atoms in total. The van der Waals surface area contributed by atoms with Crippen molar-refractivity contribution in [1.29, 1.82) is 0 Å². The molecule has 1 aromatic rings. The van der Waals surface area contributed by atoms with Gasteiger partial charge in [-0.3, -0.25) is 9.59 Å². The Labute approximate surface area is 107 Å². The Morgan fingerprint density at radius 3 is 2.33 bits per heavy atom. The number of hydrogen-bond donors (Lipinski definition) is 1. The van der Waals surface area contributed by atoms with Crippen LogP contribution in [0.5, 0.6) is 0 Å². The van der Waals surface area contributed by atoms with E-state index < -0.39 is 12.0 Å². The molecule has 1 rings (SSSR count). The molecule has 0 spiro atoms. The molecule has 0 fully saturated rings. The van der Waals surface area contributed by atoms with Crippen molar-refractivity contribution in [1.82, 2.24) is 5.32 Å². The van der Waals surface area contributed by atoms with Crippen LogP contribution in [0.15, 0.2) is 30.3 Å². The van der Waals surface area contributed by atoms with Crippen molar-refractivity contribution >= 4 is 11.8 Å². The first-order chi connectivity index (χ1) is 8.54. The van der Waals surface area contributed by atoms with Crippen molar-refractivity contribution < 1.29 is 14.3 Å². The first kappa shape index (κ1) is 14.4. The highest BCUT2D eigenvalue weighted by Gasteiger charge is 2.23. The Morgan fingerprint density at radius 1 is 1.22 bits per heavy atom. The number of esters is 1. The predicted octanol–water partition coefficient (Wildman–Crippen LogP) is 1.80. The van der Waals surface area contributed by atoms with Crippen molar-refractivity contribution in [2.45, 2.75) is 32.4 Å². The molecule has 0 saturated carbocycles. The van der Waals surface area contributed by atoms with Crippen LogP contribution < -0.4 is 5.32 Å². The summed E-state index contributed by atoms with van der Waals surface area (Å²) in [5.41, 5.74) is 0.597. The van der Waals surface area contributed by atoms with Crippen LogP contribution in [0, 0.1) is 0 Å². The summed E-state index contributed by atoms with van der Waals surface area (Å²) < 4.78 is 4.62. The lowest BCUT2D eigenvalue weighted by atomic mass is 10.0. The molecule has 0 radical (unpaired) electrons. The molecule has 4 heteroatoms. The number of Topliss-reactive ketones (excluding diaryl/α,β-unsaturated/α-hetero) is 1. The molecule has 1 N–H and O–H groups in total. The summed E-state index contributed by atoms with van der Waals surface area (Å²) in [7, 11) is 1.32. The highest BCUT2D eigenvalue weighted by molar-refractivity contribution is 6.01. The Balaban J connectivity index is 2.82. The van der Waals surface area contributed by atoms with Crippen LogP contribution in [-0.2, 0) is 9.53 Å². The van der Waals surface area contributed by atoms with Crippen LogP contribution >= 0.6 is 0 Å². The lowest BCUT2D eigenvalue weighted by molar-refractivity contribution is -0.141. The second kappa shape index (κ2) is 6.91. The first-order valence-electron chi connectivity index (χ1n) is 5.96. The van der Waals surface area contributed by atoms with Gasteiger partial charge < -0.3 is 10.1 Å². The molecule has 18 heavy (non-hydrogen) atoms. The van der Waals surface area contributed by atoms with Crippen molar-refractivity contribution in [3.8, 4) is 0 Å². The molecule has 1 atom stereocenters. The highest BCUT2D eigenvalue weighted by Crippen LogP contribution is 2.08. The second-order valence-electron chi connectivity index (χ2n) is 4.38. The number of nitrogens with one attached hydrogen (secondary N) is 1. The van der Waals surface area contributed by atoms with E-state index in [1.54, 1.807) is 24.3 Å². The van der Waals surface area contributed by atoms with Gasteiger partial charge in [-0.05, 0) is 0 Å². The molecule has 0 saturated heterocycles. The minimum atomic E-state index is -0.542. The Hall–Kier alpha value is -1.68. The Morgan fingerprint density at radius 2 is 1.83 bits per heavy atom. The maximum atomic E-state index is 12.3. The molecule has 0 amide bonds. The number of carbonyl (C=O) groups is 2. The van der Waals surface area contributed by atoms with E-state index in [0.29, 0.717) is 5.56 Å². The standard InChI is InChI=1S/C14H19NO3/c1-10(2)15-12(9-13(16)18-3)14(17)11-7-5-4-6-8-11/h4-8,10,12,15H,9H2,1-3H3. The quantitative estimate of drug-likeness (QED) is 0.617. The van der Waals surface area contributed by atoms with Crippen molar-refractivity contribution in [3.05, 3.63) is 35.9 Å². The van der Waals surface area contributed by atoms with Crippen molar-refractivity contribution in [3.63, 3.8) is 0 Å². The van der Waals surface area contributed by atoms with Crippen LogP contribution in [0.1, 0.15) is 30.6 Å². The average molecular weight is 249 g/mol. The number of carbonyl (C=O) groups excluding carboxylic acids is 2. The molecule has 0 bridgehead atoms. The zero-order valence-electron chi connectivity index (χ0n) is 11.0. The van der Waals surface area contributed by atoms with Gasteiger partial charge in [0, 0.05) is 11.6 Å². The van der Waals surface area contributed by atoms with Crippen LogP contribution in [0.4, 0.5) is 0 Å². The number of ether oxygens (including phenoxy) is 1. The van der Waals surface area contributed by atoms with E-state index in [-0.39, 0.29) is 18.2 Å². The van der Waals surface area contributed by atoms with Gasteiger partial charge in [0.25, 0.3) is 0 Å². The van der Waals surface area contributed by atoms with Crippen LogP contribution in [0.25, 0.3) is 0 Å². The molecular formula is C14H19NO3. The molecule has 0 aliphatic heterocycles. The average Bonchev–Trinajstić information content (AvgIpc) is 2.37. The monoisotopic (exact) mass is 249 g/mol. The normalized spacial score (nSPS) is 12.2. The van der Waals surface area contributed by atoms with Crippen LogP contribution in [-0.4, -0.2) is 30.9 Å². The maximum absolute atomic E-state index is 12.3. The van der Waals surface area contributed by atoms with Crippen LogP contribution in [0.2, 0.25) is 0 Å². The highest BCUT2D eigenvalue weighted by atomic mass is 16.5. The topological polar surface area (TPSA) is 55.4 Å². The van der Waals surface area contributed by atoms with Gasteiger partial charge in [0.1, 0.15) is 0 Å². The van der Waals surface area contributed by atoms with E-state index in [0.717, 1.165) is 0 Å². The number of methoxy groups -OCH3 is 1. The van der Waals surface area contributed by atoms with E-state index >= 15 is 0 Å². The van der Waals surface area contributed by atoms with E-state index in [1.807, 2.05) is 19.9 Å². The van der Waals surface area contributed by atoms with Crippen molar-refractivity contribution in [2.24, 2.45) is 0 Å². The summed E-state index contributed by atoms with van der Waals surface area (Å²) >= 11 is 0. The summed E-state index contributed by atoms with van der Waals surface area (Å²) in [4.78, 5) is 23.6. The van der Waals surface area contributed by atoms with Crippen molar-refractivity contribution in [2.75, 3.05) is 7.11 Å². The van der Waals surface area contributed by atoms with Gasteiger partial charge in [-0.2, -0.15) is 0 Å². The van der Waals surface area contributed by atoms with Gasteiger partial charge >= 0.3 is 5.97 Å². The minimum absolute atomic E-state index is 0.0441. The number of benzene rings is 1. The number of rotatable bonds is 6. The summed E-state index contributed by atoms with van der Waals surface area (Å²) in [5.74, 6) is -0.480. The Bertz CT molecular complexity index is 401. The van der Waals surface area contributed by atoms with E-state index in [1.165, 1.54) is 7.11 Å². The summed E-state index contributed by atoms with van der Waals surface area (Å²) in [6, 6.07) is 8.52. The van der Waals surface area contributed by atoms with Gasteiger partial charge in [-0.25, -0.2) is 0 Å². The van der Waals surface area contributed by atoms with E-state index in [4.69, 9.17) is 0 Å². The molecular weight excluding hydrogens is 230 g/mol. The second-order valence-corrected chi connectivity index (χ2v) is 4.38. The third kappa shape index (κ3) is 4.30. The molecule has 0 aliphatic rings. The minimum Gasteiger partial charge on any atom is -0.469 e. The molecule has 1 unspecified atom stereocenters. The van der Waals surface area contributed by atoms with Crippen LogP contribution in [0.3, 0.4) is 0 Å². The first-order valence-corrected chi connectivity index (χ1v) is 5.96. The fraction of sp³-hybridized carbons (Fsp3) is 0.429. The maximum Gasteiger partial charge on any atom is 0.307 e. The van der Waals surface area contributed by atoms with Gasteiger partial charge in [0.05, 0.1) is 19.6 Å². The SMILES string of the molecule is COC(=O)CC(NC(C)C)C(=O)c1ccccc1. The molecule has 0 heterocycles. The summed E-state index contributed by atoms with van der Waals surface area (Å²) in [6.07, 6.45) is 0.0441. The summed E-state index contributed by atoms with van der Waals surface area (Å²) in [5, 5.41) is 3.09. The molecule has 98 valence electrons. The third-order valence-electron chi connectivity index (χ3n) is 2.51. The van der Waals surface area contributed by atoms with Gasteiger partial charge in [0.2, 0.25) is 0 Å². The zero-order valence-corrected chi connectivity index (χ0v) is 11.0. The molecule has 0 aliphatic carbocycles. The summed E-state index contributed by atoms with van der Waals surface area (Å²) in [6.45, 7) is 3.87. The largest absolute Gasteiger partial charge is 0.469 e.